The molecule has 0 amide bonds. The van der Waals surface area contributed by atoms with Crippen LogP contribution in [0.25, 0.3) is 0 Å². The maximum absolute atomic E-state index is 3.40. The third-order valence-corrected chi connectivity index (χ3v) is 2.33. The zero-order valence-electron chi connectivity index (χ0n) is 9.77. The summed E-state index contributed by atoms with van der Waals surface area (Å²) in [6.45, 7) is 13.7. The van der Waals surface area contributed by atoms with E-state index in [1.54, 1.807) is 0 Å². The molecule has 0 spiro atoms. The Morgan fingerprint density at radius 3 is 2.00 bits per heavy atom. The molecule has 0 aromatic rings. The summed E-state index contributed by atoms with van der Waals surface area (Å²) in [6.07, 6.45) is 2.52. The number of hydrogen-bond acceptors (Lipinski definition) is 2. The summed E-state index contributed by atoms with van der Waals surface area (Å²) in [6, 6.07) is 0.680. The molecule has 0 saturated heterocycles. The average molecular weight is 186 g/mol. The van der Waals surface area contributed by atoms with Gasteiger partial charge in [0.15, 0.2) is 0 Å². The molecule has 0 fully saturated rings. The molecule has 0 aliphatic heterocycles. The van der Waals surface area contributed by atoms with Crippen molar-refractivity contribution in [3.63, 3.8) is 0 Å². The lowest BCUT2D eigenvalue weighted by Crippen LogP contribution is -2.41. The topological polar surface area (TPSA) is 15.3 Å². The quantitative estimate of drug-likeness (QED) is 0.624. The highest BCUT2D eigenvalue weighted by Gasteiger charge is 2.10. The van der Waals surface area contributed by atoms with Gasteiger partial charge >= 0.3 is 0 Å². The van der Waals surface area contributed by atoms with Gasteiger partial charge in [-0.2, -0.15) is 0 Å². The van der Waals surface area contributed by atoms with Crippen molar-refractivity contribution in [3.05, 3.63) is 0 Å². The lowest BCUT2D eigenvalue weighted by molar-refractivity contribution is 0.205. The second kappa shape index (κ2) is 8.52. The van der Waals surface area contributed by atoms with Crippen LogP contribution in [0.5, 0.6) is 0 Å². The monoisotopic (exact) mass is 186 g/mol. The first-order chi connectivity index (χ1) is 6.26. The first kappa shape index (κ1) is 12.9. The van der Waals surface area contributed by atoms with E-state index in [-0.39, 0.29) is 0 Å². The van der Waals surface area contributed by atoms with Gasteiger partial charge in [-0.3, -0.25) is 4.90 Å². The zero-order chi connectivity index (χ0) is 10.1. The molecule has 13 heavy (non-hydrogen) atoms. The highest BCUT2D eigenvalue weighted by atomic mass is 15.2. The SMILES string of the molecule is CCCN(CCC)[C@H](C)CNCC. The number of likely N-dealkylation sites (N-methyl/N-ethyl adjacent to an activating group) is 1. The summed E-state index contributed by atoms with van der Waals surface area (Å²) in [4.78, 5) is 2.57. The van der Waals surface area contributed by atoms with E-state index >= 15 is 0 Å². The van der Waals surface area contributed by atoms with Gasteiger partial charge in [0.05, 0.1) is 0 Å². The third kappa shape index (κ3) is 6.05. The Morgan fingerprint density at radius 2 is 1.62 bits per heavy atom. The zero-order valence-corrected chi connectivity index (χ0v) is 9.77. The van der Waals surface area contributed by atoms with Crippen LogP contribution >= 0.6 is 0 Å². The molecule has 0 aromatic carbocycles. The van der Waals surface area contributed by atoms with Crippen LogP contribution in [0.15, 0.2) is 0 Å². The Bertz CT molecular complexity index is 98.3. The molecule has 0 aliphatic rings. The summed E-state index contributed by atoms with van der Waals surface area (Å²) < 4.78 is 0. The predicted molar refractivity (Wildman–Crippen MR) is 60.2 cm³/mol. The number of nitrogens with zero attached hydrogens (tertiary/aromatic N) is 1. The molecular formula is C11H26N2. The van der Waals surface area contributed by atoms with E-state index in [0.29, 0.717) is 6.04 Å². The molecule has 1 N–H and O–H groups in total. The molecule has 0 unspecified atom stereocenters. The van der Waals surface area contributed by atoms with Gasteiger partial charge < -0.3 is 5.32 Å². The van der Waals surface area contributed by atoms with Crippen LogP contribution in [0, 0.1) is 0 Å². The van der Waals surface area contributed by atoms with Gasteiger partial charge in [0.2, 0.25) is 0 Å². The van der Waals surface area contributed by atoms with Crippen molar-refractivity contribution in [1.82, 2.24) is 10.2 Å². The summed E-state index contributed by atoms with van der Waals surface area (Å²) >= 11 is 0. The summed E-state index contributed by atoms with van der Waals surface area (Å²) in [5, 5.41) is 3.40. The molecule has 0 heterocycles. The Kier molecular flexibility index (Phi) is 8.46. The van der Waals surface area contributed by atoms with Gasteiger partial charge in [-0.1, -0.05) is 20.8 Å². The summed E-state index contributed by atoms with van der Waals surface area (Å²) in [7, 11) is 0. The normalized spacial score (nSPS) is 13.6. The van der Waals surface area contributed by atoms with Crippen LogP contribution in [0.4, 0.5) is 0 Å². The number of nitrogens with one attached hydrogen (secondary N) is 1. The smallest absolute Gasteiger partial charge is 0.0192 e. The van der Waals surface area contributed by atoms with E-state index in [1.165, 1.54) is 25.9 Å². The molecule has 0 radical (unpaired) electrons. The van der Waals surface area contributed by atoms with Crippen LogP contribution in [0.2, 0.25) is 0 Å². The van der Waals surface area contributed by atoms with Crippen molar-refractivity contribution >= 4 is 0 Å². The van der Waals surface area contributed by atoms with Gasteiger partial charge in [-0.25, -0.2) is 0 Å². The number of rotatable bonds is 8. The first-order valence-electron chi connectivity index (χ1n) is 5.70. The van der Waals surface area contributed by atoms with Crippen molar-refractivity contribution < 1.29 is 0 Å². The van der Waals surface area contributed by atoms with E-state index in [1.807, 2.05) is 0 Å². The fraction of sp³-hybridized carbons (Fsp3) is 1.00. The Labute approximate surface area is 83.7 Å². The maximum atomic E-state index is 3.40. The summed E-state index contributed by atoms with van der Waals surface area (Å²) in [5.41, 5.74) is 0. The van der Waals surface area contributed by atoms with Crippen LogP contribution in [0.1, 0.15) is 40.5 Å². The molecule has 80 valence electrons. The van der Waals surface area contributed by atoms with Crippen LogP contribution in [0.3, 0.4) is 0 Å². The van der Waals surface area contributed by atoms with Crippen molar-refractivity contribution in [3.8, 4) is 0 Å². The largest absolute Gasteiger partial charge is 0.315 e. The minimum atomic E-state index is 0.680. The van der Waals surface area contributed by atoms with Crippen molar-refractivity contribution in [2.45, 2.75) is 46.6 Å². The minimum Gasteiger partial charge on any atom is -0.315 e. The van der Waals surface area contributed by atoms with E-state index in [4.69, 9.17) is 0 Å². The molecule has 0 bridgehead atoms. The highest BCUT2D eigenvalue weighted by molar-refractivity contribution is 4.68. The Balaban J connectivity index is 3.72. The second-order valence-corrected chi connectivity index (χ2v) is 3.69. The Hall–Kier alpha value is -0.0800. The second-order valence-electron chi connectivity index (χ2n) is 3.69. The molecule has 1 atom stereocenters. The molecule has 0 aromatic heterocycles. The van der Waals surface area contributed by atoms with E-state index in [2.05, 4.69) is 37.9 Å². The molecule has 2 nitrogen and oxygen atoms in total. The van der Waals surface area contributed by atoms with E-state index in [0.717, 1.165) is 13.1 Å². The lowest BCUT2D eigenvalue weighted by Gasteiger charge is -2.28. The summed E-state index contributed by atoms with van der Waals surface area (Å²) in [5.74, 6) is 0. The van der Waals surface area contributed by atoms with Crippen LogP contribution < -0.4 is 5.32 Å². The van der Waals surface area contributed by atoms with Crippen molar-refractivity contribution in [2.75, 3.05) is 26.2 Å². The Morgan fingerprint density at radius 1 is 1.08 bits per heavy atom. The van der Waals surface area contributed by atoms with Crippen LogP contribution in [-0.4, -0.2) is 37.1 Å². The molecule has 0 aliphatic carbocycles. The fourth-order valence-electron chi connectivity index (χ4n) is 1.61. The van der Waals surface area contributed by atoms with Gasteiger partial charge in [0.25, 0.3) is 0 Å². The van der Waals surface area contributed by atoms with Crippen molar-refractivity contribution in [1.29, 1.82) is 0 Å². The number of hydrogen-bond donors (Lipinski definition) is 1. The first-order valence-corrected chi connectivity index (χ1v) is 5.70. The minimum absolute atomic E-state index is 0.680. The fourth-order valence-corrected chi connectivity index (χ4v) is 1.61. The van der Waals surface area contributed by atoms with Gasteiger partial charge in [-0.15, -0.1) is 0 Å². The van der Waals surface area contributed by atoms with Gasteiger partial charge in [0, 0.05) is 12.6 Å². The predicted octanol–water partition coefficient (Wildman–Crippen LogP) is 2.11. The molecule has 2 heteroatoms. The van der Waals surface area contributed by atoms with E-state index in [9.17, 15) is 0 Å². The molecular weight excluding hydrogens is 160 g/mol. The van der Waals surface area contributed by atoms with Gasteiger partial charge in [0.1, 0.15) is 0 Å². The molecule has 0 rings (SSSR count). The van der Waals surface area contributed by atoms with E-state index < -0.39 is 0 Å². The standard InChI is InChI=1S/C11H26N2/c1-5-8-13(9-6-2)11(4)10-12-7-3/h11-12H,5-10H2,1-4H3/t11-/m1/s1. The van der Waals surface area contributed by atoms with Crippen LogP contribution in [-0.2, 0) is 0 Å². The average Bonchev–Trinajstić information content (AvgIpc) is 2.14. The van der Waals surface area contributed by atoms with Gasteiger partial charge in [-0.05, 0) is 39.4 Å². The maximum Gasteiger partial charge on any atom is 0.0192 e. The molecule has 0 saturated carbocycles. The third-order valence-electron chi connectivity index (χ3n) is 2.33. The highest BCUT2D eigenvalue weighted by Crippen LogP contribution is 2.00. The van der Waals surface area contributed by atoms with Crippen molar-refractivity contribution in [2.24, 2.45) is 0 Å². The lowest BCUT2D eigenvalue weighted by atomic mass is 10.2.